The molecular formula is C15H29NO2. The Balaban J connectivity index is 4.56. The van der Waals surface area contributed by atoms with Crippen LogP contribution in [0.4, 0.5) is 0 Å². The third-order valence-corrected chi connectivity index (χ3v) is 3.14. The maximum absolute atomic E-state index is 10.2. The quantitative estimate of drug-likeness (QED) is 0.739. The molecule has 0 rings (SSSR count). The second kappa shape index (κ2) is 7.78. The van der Waals surface area contributed by atoms with Crippen molar-refractivity contribution >= 4 is 0 Å². The molecule has 18 heavy (non-hydrogen) atoms. The molecule has 0 spiro atoms. The Morgan fingerprint density at radius 3 is 2.06 bits per heavy atom. The van der Waals surface area contributed by atoms with Gasteiger partial charge in [-0.25, -0.2) is 0 Å². The van der Waals surface area contributed by atoms with Gasteiger partial charge >= 0.3 is 0 Å². The van der Waals surface area contributed by atoms with Crippen LogP contribution >= 0.6 is 0 Å². The fourth-order valence-corrected chi connectivity index (χ4v) is 1.79. The van der Waals surface area contributed by atoms with Crippen molar-refractivity contribution in [2.45, 2.75) is 72.3 Å². The van der Waals surface area contributed by atoms with E-state index in [1.54, 1.807) is 6.92 Å². The lowest BCUT2D eigenvalue weighted by Gasteiger charge is -2.29. The molecule has 0 saturated carbocycles. The summed E-state index contributed by atoms with van der Waals surface area (Å²) in [5.41, 5.74) is -1.09. The maximum atomic E-state index is 10.2. The minimum Gasteiger partial charge on any atom is -0.375 e. The van der Waals surface area contributed by atoms with Gasteiger partial charge in [0.2, 0.25) is 0 Å². The summed E-state index contributed by atoms with van der Waals surface area (Å²) >= 11 is 0. The third-order valence-electron chi connectivity index (χ3n) is 3.14. The van der Waals surface area contributed by atoms with Gasteiger partial charge in [0.15, 0.2) is 0 Å². The average Bonchev–Trinajstić information content (AvgIpc) is 2.23. The van der Waals surface area contributed by atoms with Crippen LogP contribution in [0.25, 0.3) is 0 Å². The van der Waals surface area contributed by atoms with Crippen molar-refractivity contribution in [2.24, 2.45) is 0 Å². The molecule has 0 radical (unpaired) electrons. The molecule has 3 heteroatoms. The predicted octanol–water partition coefficient (Wildman–Crippen LogP) is 2.28. The molecule has 0 aliphatic carbocycles. The molecule has 0 aromatic rings. The number of hydrogen-bond acceptors (Lipinski definition) is 3. The number of aliphatic hydroxyl groups is 1. The molecule has 106 valence electrons. The molecule has 0 saturated heterocycles. The van der Waals surface area contributed by atoms with E-state index in [0.717, 1.165) is 0 Å². The lowest BCUT2D eigenvalue weighted by Crippen LogP contribution is -2.39. The summed E-state index contributed by atoms with van der Waals surface area (Å²) < 4.78 is 5.39. The normalized spacial score (nSPS) is 16.6. The van der Waals surface area contributed by atoms with Crippen molar-refractivity contribution in [3.05, 3.63) is 0 Å². The van der Waals surface area contributed by atoms with E-state index in [4.69, 9.17) is 4.74 Å². The molecule has 2 atom stereocenters. The summed E-state index contributed by atoms with van der Waals surface area (Å²) in [7, 11) is 0. The van der Waals surface area contributed by atoms with E-state index in [-0.39, 0.29) is 6.10 Å². The monoisotopic (exact) mass is 255 g/mol. The van der Waals surface area contributed by atoms with Crippen LogP contribution in [-0.4, -0.2) is 46.9 Å². The fraction of sp³-hybridized carbons (Fsp3) is 0.867. The Kier molecular flexibility index (Phi) is 7.54. The molecule has 0 bridgehead atoms. The van der Waals surface area contributed by atoms with Gasteiger partial charge < -0.3 is 9.84 Å². The average molecular weight is 255 g/mol. The van der Waals surface area contributed by atoms with E-state index >= 15 is 0 Å². The maximum Gasteiger partial charge on any atom is 0.148 e. The fourth-order valence-electron chi connectivity index (χ4n) is 1.79. The van der Waals surface area contributed by atoms with Crippen molar-refractivity contribution in [3.8, 4) is 11.8 Å². The predicted molar refractivity (Wildman–Crippen MR) is 76.5 cm³/mol. The van der Waals surface area contributed by atoms with Gasteiger partial charge in [0.25, 0.3) is 0 Å². The Morgan fingerprint density at radius 2 is 1.67 bits per heavy atom. The Morgan fingerprint density at radius 1 is 1.17 bits per heavy atom. The zero-order valence-electron chi connectivity index (χ0n) is 12.9. The van der Waals surface area contributed by atoms with Gasteiger partial charge in [0.1, 0.15) is 5.60 Å². The molecule has 0 amide bonds. The molecule has 0 fully saturated rings. The van der Waals surface area contributed by atoms with Crippen molar-refractivity contribution in [3.63, 3.8) is 0 Å². The summed E-state index contributed by atoms with van der Waals surface area (Å²) in [6.07, 6.45) is -0.276. The zero-order valence-corrected chi connectivity index (χ0v) is 12.9. The van der Waals surface area contributed by atoms with Crippen molar-refractivity contribution in [1.29, 1.82) is 0 Å². The molecule has 2 unspecified atom stereocenters. The number of hydrogen-bond donors (Lipinski definition) is 1. The lowest BCUT2D eigenvalue weighted by molar-refractivity contribution is -0.0516. The van der Waals surface area contributed by atoms with Crippen molar-refractivity contribution in [2.75, 3.05) is 13.2 Å². The Hall–Kier alpha value is -0.560. The molecular weight excluding hydrogens is 226 g/mol. The first-order chi connectivity index (χ1) is 8.22. The molecule has 0 heterocycles. The van der Waals surface area contributed by atoms with Crippen LogP contribution in [0.2, 0.25) is 0 Å². The smallest absolute Gasteiger partial charge is 0.148 e. The van der Waals surface area contributed by atoms with Gasteiger partial charge in [-0.3, -0.25) is 4.90 Å². The number of ether oxygens (including phenoxy) is 1. The van der Waals surface area contributed by atoms with Gasteiger partial charge in [-0.1, -0.05) is 11.8 Å². The van der Waals surface area contributed by atoms with Crippen LogP contribution < -0.4 is 0 Å². The van der Waals surface area contributed by atoms with Gasteiger partial charge in [0, 0.05) is 18.7 Å². The van der Waals surface area contributed by atoms with Crippen LogP contribution in [0.15, 0.2) is 0 Å². The highest BCUT2D eigenvalue weighted by atomic mass is 16.5. The van der Waals surface area contributed by atoms with Crippen LogP contribution in [0.1, 0.15) is 48.5 Å². The largest absolute Gasteiger partial charge is 0.375 e. The molecule has 0 aliphatic rings. The van der Waals surface area contributed by atoms with E-state index < -0.39 is 5.60 Å². The highest BCUT2D eigenvalue weighted by molar-refractivity contribution is 5.15. The highest BCUT2D eigenvalue weighted by Gasteiger charge is 2.26. The SMILES string of the molecule is CCOC(C)C(C)(O)C#CCN(C(C)C)C(C)C. The van der Waals surface area contributed by atoms with Gasteiger partial charge in [-0.15, -0.1) is 0 Å². The summed E-state index contributed by atoms with van der Waals surface area (Å²) in [4.78, 5) is 2.29. The topological polar surface area (TPSA) is 32.7 Å². The van der Waals surface area contributed by atoms with E-state index in [0.29, 0.717) is 25.2 Å². The number of rotatable bonds is 6. The summed E-state index contributed by atoms with van der Waals surface area (Å²) in [5, 5.41) is 10.2. The first kappa shape index (κ1) is 17.4. The third kappa shape index (κ3) is 5.86. The molecule has 0 aromatic heterocycles. The second-order valence-corrected chi connectivity index (χ2v) is 5.41. The second-order valence-electron chi connectivity index (χ2n) is 5.41. The van der Waals surface area contributed by atoms with Gasteiger partial charge in [-0.05, 0) is 48.5 Å². The van der Waals surface area contributed by atoms with E-state index in [2.05, 4.69) is 44.4 Å². The summed E-state index contributed by atoms with van der Waals surface area (Å²) in [6, 6.07) is 0.905. The highest BCUT2D eigenvalue weighted by Crippen LogP contribution is 2.12. The first-order valence-corrected chi connectivity index (χ1v) is 6.82. The number of nitrogens with zero attached hydrogens (tertiary/aromatic N) is 1. The van der Waals surface area contributed by atoms with E-state index in [9.17, 15) is 5.11 Å². The van der Waals surface area contributed by atoms with Crippen LogP contribution in [0.5, 0.6) is 0 Å². The Labute approximate surface area is 113 Å². The van der Waals surface area contributed by atoms with E-state index in [1.165, 1.54) is 0 Å². The standard InChI is InChI=1S/C15H29NO2/c1-8-18-14(6)15(7,17)10-9-11-16(12(2)3)13(4)5/h12-14,17H,8,11H2,1-7H3. The van der Waals surface area contributed by atoms with E-state index in [1.807, 2.05) is 13.8 Å². The first-order valence-electron chi connectivity index (χ1n) is 6.82. The van der Waals surface area contributed by atoms with Crippen molar-refractivity contribution in [1.82, 2.24) is 4.90 Å². The minimum atomic E-state index is -1.09. The summed E-state index contributed by atoms with van der Waals surface area (Å²) in [5.74, 6) is 6.00. The van der Waals surface area contributed by atoms with Crippen LogP contribution in [-0.2, 0) is 4.74 Å². The molecule has 0 aromatic carbocycles. The lowest BCUT2D eigenvalue weighted by atomic mass is 10.0. The Bertz CT molecular complexity index is 279. The van der Waals surface area contributed by atoms with Gasteiger partial charge in [0.05, 0.1) is 12.6 Å². The van der Waals surface area contributed by atoms with Gasteiger partial charge in [-0.2, -0.15) is 0 Å². The molecule has 0 aliphatic heterocycles. The molecule has 1 N–H and O–H groups in total. The van der Waals surface area contributed by atoms with Crippen molar-refractivity contribution < 1.29 is 9.84 Å². The van der Waals surface area contributed by atoms with Crippen LogP contribution in [0, 0.1) is 11.8 Å². The molecule has 3 nitrogen and oxygen atoms in total. The zero-order chi connectivity index (χ0) is 14.3. The summed E-state index contributed by atoms with van der Waals surface area (Å²) in [6.45, 7) is 15.3. The van der Waals surface area contributed by atoms with Crippen LogP contribution in [0.3, 0.4) is 0 Å². The minimum absolute atomic E-state index is 0.276.